The van der Waals surface area contributed by atoms with Crippen molar-refractivity contribution in [3.05, 3.63) is 47.3 Å². The average Bonchev–Trinajstić information content (AvgIpc) is 2.89. The number of hydrogen-bond donors (Lipinski definition) is 2. The maximum absolute atomic E-state index is 12.3. The number of carboxylic acid groups (broad SMARTS) is 1. The van der Waals surface area contributed by atoms with E-state index in [2.05, 4.69) is 10.4 Å². The lowest BCUT2D eigenvalue weighted by molar-refractivity contribution is 0.0690. The molecule has 0 fully saturated rings. The molecule has 0 aliphatic rings. The summed E-state index contributed by atoms with van der Waals surface area (Å²) in [7, 11) is 3.09. The molecule has 7 nitrogen and oxygen atoms in total. The molecule has 116 valence electrons. The number of rotatable bonds is 5. The van der Waals surface area contributed by atoms with Crippen molar-refractivity contribution in [2.24, 2.45) is 7.05 Å². The minimum absolute atomic E-state index is 0.0160. The first-order valence-corrected chi connectivity index (χ1v) is 6.64. The van der Waals surface area contributed by atoms with Gasteiger partial charge in [0.05, 0.1) is 19.3 Å². The molecule has 1 aromatic heterocycles. The van der Waals surface area contributed by atoms with Gasteiger partial charge < -0.3 is 15.2 Å². The van der Waals surface area contributed by atoms with Gasteiger partial charge in [0.15, 0.2) is 0 Å². The third kappa shape index (κ3) is 3.08. The molecule has 7 heteroatoms. The van der Waals surface area contributed by atoms with E-state index >= 15 is 0 Å². The van der Waals surface area contributed by atoms with Gasteiger partial charge in [0, 0.05) is 7.05 Å². The average molecular weight is 303 g/mol. The van der Waals surface area contributed by atoms with Crippen molar-refractivity contribution in [2.45, 2.75) is 13.0 Å². The Bertz CT molecular complexity index is 709. The van der Waals surface area contributed by atoms with E-state index in [9.17, 15) is 9.59 Å². The smallest absolute Gasteiger partial charge is 0.339 e. The number of carbonyl (C=O) groups excluding carboxylic acids is 1. The predicted octanol–water partition coefficient (Wildman–Crippen LogP) is 1.62. The van der Waals surface area contributed by atoms with Crippen LogP contribution in [-0.2, 0) is 7.05 Å². The minimum Gasteiger partial charge on any atom is -0.497 e. The van der Waals surface area contributed by atoms with Gasteiger partial charge in [-0.2, -0.15) is 5.10 Å². The molecular weight excluding hydrogens is 286 g/mol. The number of aromatic carboxylic acids is 1. The number of methoxy groups -OCH3 is 1. The zero-order chi connectivity index (χ0) is 16.3. The van der Waals surface area contributed by atoms with Crippen LogP contribution in [0.5, 0.6) is 5.75 Å². The maximum atomic E-state index is 12.3. The molecule has 1 aromatic carbocycles. The quantitative estimate of drug-likeness (QED) is 0.875. The van der Waals surface area contributed by atoms with E-state index in [1.54, 1.807) is 7.11 Å². The summed E-state index contributed by atoms with van der Waals surface area (Å²) in [6.07, 6.45) is 1.16. The van der Waals surface area contributed by atoms with E-state index < -0.39 is 11.9 Å². The topological polar surface area (TPSA) is 93.4 Å². The second kappa shape index (κ2) is 6.30. The Morgan fingerprint density at radius 2 is 2.14 bits per heavy atom. The molecule has 0 aliphatic carbocycles. The van der Waals surface area contributed by atoms with Crippen LogP contribution < -0.4 is 10.1 Å². The number of aryl methyl sites for hydroxylation is 1. The van der Waals surface area contributed by atoms with Crippen molar-refractivity contribution in [3.63, 3.8) is 0 Å². The van der Waals surface area contributed by atoms with Crippen molar-refractivity contribution in [1.82, 2.24) is 15.1 Å². The van der Waals surface area contributed by atoms with Gasteiger partial charge >= 0.3 is 5.97 Å². The molecule has 0 aliphatic heterocycles. The first-order valence-electron chi connectivity index (χ1n) is 6.64. The third-order valence-corrected chi connectivity index (χ3v) is 3.33. The van der Waals surface area contributed by atoms with Crippen molar-refractivity contribution < 1.29 is 19.4 Å². The number of nitrogens with zero attached hydrogens (tertiary/aromatic N) is 2. The molecule has 2 N–H and O–H groups in total. The lowest BCUT2D eigenvalue weighted by atomic mass is 10.1. The van der Waals surface area contributed by atoms with Crippen LogP contribution in [-0.4, -0.2) is 33.9 Å². The van der Waals surface area contributed by atoms with Gasteiger partial charge in [-0.25, -0.2) is 4.79 Å². The van der Waals surface area contributed by atoms with Gasteiger partial charge in [-0.3, -0.25) is 9.48 Å². The first kappa shape index (κ1) is 15.6. The molecule has 2 rings (SSSR count). The van der Waals surface area contributed by atoms with Gasteiger partial charge in [0.25, 0.3) is 5.91 Å². The standard InChI is InChI=1S/C15H17N3O4/c1-9(10-5-4-6-11(7-10)22-3)17-14(19)13-12(15(20)21)8-16-18(13)2/h4-9H,1-3H3,(H,17,19)(H,20,21). The van der Waals surface area contributed by atoms with E-state index in [1.165, 1.54) is 11.7 Å². The van der Waals surface area contributed by atoms with Crippen LogP contribution in [0.1, 0.15) is 39.4 Å². The summed E-state index contributed by atoms with van der Waals surface area (Å²) in [6.45, 7) is 1.81. The SMILES string of the molecule is COc1cccc(C(C)NC(=O)c2c(C(=O)O)cnn2C)c1. The highest BCUT2D eigenvalue weighted by Crippen LogP contribution is 2.19. The summed E-state index contributed by atoms with van der Waals surface area (Å²) in [5.74, 6) is -0.995. The Morgan fingerprint density at radius 1 is 1.41 bits per heavy atom. The summed E-state index contributed by atoms with van der Waals surface area (Å²) in [4.78, 5) is 23.5. The van der Waals surface area contributed by atoms with Gasteiger partial charge in [-0.05, 0) is 24.6 Å². The third-order valence-electron chi connectivity index (χ3n) is 3.33. The summed E-state index contributed by atoms with van der Waals surface area (Å²) in [5, 5.41) is 15.7. The Morgan fingerprint density at radius 3 is 2.77 bits per heavy atom. The molecule has 0 radical (unpaired) electrons. The highest BCUT2D eigenvalue weighted by atomic mass is 16.5. The number of carbonyl (C=O) groups is 2. The monoisotopic (exact) mass is 303 g/mol. The van der Waals surface area contributed by atoms with E-state index in [0.717, 1.165) is 11.8 Å². The van der Waals surface area contributed by atoms with E-state index in [-0.39, 0.29) is 17.3 Å². The highest BCUT2D eigenvalue weighted by Gasteiger charge is 2.23. The number of amides is 1. The molecule has 0 spiro atoms. The van der Waals surface area contributed by atoms with Crippen LogP contribution >= 0.6 is 0 Å². The fourth-order valence-electron chi connectivity index (χ4n) is 2.12. The molecule has 1 amide bonds. The van der Waals surface area contributed by atoms with Crippen LogP contribution in [0.25, 0.3) is 0 Å². The molecule has 1 heterocycles. The van der Waals surface area contributed by atoms with Gasteiger partial charge in [0.1, 0.15) is 17.0 Å². The fourth-order valence-corrected chi connectivity index (χ4v) is 2.12. The van der Waals surface area contributed by atoms with Crippen LogP contribution in [0.2, 0.25) is 0 Å². The summed E-state index contributed by atoms with van der Waals surface area (Å²) in [5.41, 5.74) is 0.742. The zero-order valence-corrected chi connectivity index (χ0v) is 12.5. The van der Waals surface area contributed by atoms with Gasteiger partial charge in [-0.1, -0.05) is 12.1 Å². The van der Waals surface area contributed by atoms with Crippen LogP contribution in [0, 0.1) is 0 Å². The van der Waals surface area contributed by atoms with E-state index in [1.807, 2.05) is 31.2 Å². The molecule has 1 atom stereocenters. The largest absolute Gasteiger partial charge is 0.497 e. The highest BCUT2D eigenvalue weighted by molar-refractivity contribution is 6.03. The van der Waals surface area contributed by atoms with E-state index in [4.69, 9.17) is 9.84 Å². The van der Waals surface area contributed by atoms with Crippen molar-refractivity contribution in [1.29, 1.82) is 0 Å². The lowest BCUT2D eigenvalue weighted by Crippen LogP contribution is -2.29. The van der Waals surface area contributed by atoms with Crippen molar-refractivity contribution in [3.8, 4) is 5.75 Å². The number of aromatic nitrogens is 2. The summed E-state index contributed by atoms with van der Waals surface area (Å²) < 4.78 is 6.39. The maximum Gasteiger partial charge on any atom is 0.339 e. The van der Waals surface area contributed by atoms with Crippen LogP contribution in [0.3, 0.4) is 0 Å². The number of carboxylic acids is 1. The normalized spacial score (nSPS) is 11.8. The Balaban J connectivity index is 2.21. The molecule has 0 saturated carbocycles. The summed E-state index contributed by atoms with van der Waals surface area (Å²) >= 11 is 0. The van der Waals surface area contributed by atoms with Gasteiger partial charge in [0.2, 0.25) is 0 Å². The summed E-state index contributed by atoms with van der Waals surface area (Å²) in [6, 6.07) is 6.99. The first-order chi connectivity index (χ1) is 10.4. The second-order valence-electron chi connectivity index (χ2n) is 4.81. The van der Waals surface area contributed by atoms with E-state index in [0.29, 0.717) is 5.75 Å². The number of hydrogen-bond acceptors (Lipinski definition) is 4. The Hall–Kier alpha value is -2.83. The Kier molecular flexibility index (Phi) is 4.45. The molecule has 1 unspecified atom stereocenters. The predicted molar refractivity (Wildman–Crippen MR) is 79.0 cm³/mol. The molecule has 2 aromatic rings. The fraction of sp³-hybridized carbons (Fsp3) is 0.267. The van der Waals surface area contributed by atoms with Crippen LogP contribution in [0.15, 0.2) is 30.5 Å². The molecule has 0 saturated heterocycles. The lowest BCUT2D eigenvalue weighted by Gasteiger charge is -2.15. The van der Waals surface area contributed by atoms with Crippen LogP contribution in [0.4, 0.5) is 0 Å². The van der Waals surface area contributed by atoms with Gasteiger partial charge in [-0.15, -0.1) is 0 Å². The number of benzene rings is 1. The second-order valence-corrected chi connectivity index (χ2v) is 4.81. The Labute approximate surface area is 127 Å². The van der Waals surface area contributed by atoms with Crippen molar-refractivity contribution >= 4 is 11.9 Å². The molecular formula is C15H17N3O4. The minimum atomic E-state index is -1.19. The zero-order valence-electron chi connectivity index (χ0n) is 12.5. The molecule has 0 bridgehead atoms. The molecule has 22 heavy (non-hydrogen) atoms. The number of nitrogens with one attached hydrogen (secondary N) is 1. The number of ether oxygens (including phenoxy) is 1. The van der Waals surface area contributed by atoms with Crippen molar-refractivity contribution in [2.75, 3.05) is 7.11 Å².